The van der Waals surface area contributed by atoms with Crippen LogP contribution in [0.15, 0.2) is 24.5 Å². The van der Waals surface area contributed by atoms with Gasteiger partial charge < -0.3 is 15.2 Å². The lowest BCUT2D eigenvalue weighted by molar-refractivity contribution is 0.0902. The third-order valence-electron chi connectivity index (χ3n) is 2.67. The molecule has 2 heterocycles. The minimum atomic E-state index is -0.897. The first-order chi connectivity index (χ1) is 8.27. The fourth-order valence-corrected chi connectivity index (χ4v) is 1.79. The first kappa shape index (κ1) is 17.8. The summed E-state index contributed by atoms with van der Waals surface area (Å²) < 4.78 is 5.52. The molecule has 0 radical (unpaired) electrons. The summed E-state index contributed by atoms with van der Waals surface area (Å²) in [5.41, 5.74) is 0. The summed E-state index contributed by atoms with van der Waals surface area (Å²) in [6.07, 6.45) is 2.38. The number of hydrogen-bond acceptors (Lipinski definition) is 4. The molecule has 1 aliphatic heterocycles. The number of halogens is 2. The van der Waals surface area contributed by atoms with Crippen LogP contribution < -0.4 is 10.1 Å². The van der Waals surface area contributed by atoms with Gasteiger partial charge in [0.1, 0.15) is 12.4 Å². The zero-order valence-electron chi connectivity index (χ0n) is 10.2. The average molecular weight is 310 g/mol. The largest absolute Gasteiger partial charge is 0.490 e. The zero-order valence-corrected chi connectivity index (χ0v) is 11.8. The maximum absolute atomic E-state index is 11.0. The third-order valence-corrected chi connectivity index (χ3v) is 2.67. The van der Waals surface area contributed by atoms with Crippen molar-refractivity contribution in [2.24, 2.45) is 0 Å². The molecular formula is C11H17Cl2N3O3. The average Bonchev–Trinajstić information content (AvgIpc) is 2.38. The molecule has 1 aromatic rings. The quantitative estimate of drug-likeness (QED) is 0.879. The molecule has 1 saturated heterocycles. The first-order valence-electron chi connectivity index (χ1n) is 5.50. The van der Waals surface area contributed by atoms with E-state index in [0.29, 0.717) is 32.0 Å². The lowest BCUT2D eigenvalue weighted by Gasteiger charge is -2.33. The number of pyridine rings is 1. The Balaban J connectivity index is 0.00000162. The van der Waals surface area contributed by atoms with Crippen LogP contribution in [0.2, 0.25) is 0 Å². The first-order valence-corrected chi connectivity index (χ1v) is 5.50. The Bertz CT molecular complexity index is 381. The second-order valence-corrected chi connectivity index (χ2v) is 3.83. The maximum Gasteiger partial charge on any atom is 0.407 e. The van der Waals surface area contributed by atoms with E-state index in [0.717, 1.165) is 0 Å². The van der Waals surface area contributed by atoms with Gasteiger partial charge in [-0.05, 0) is 12.1 Å². The highest BCUT2D eigenvalue weighted by molar-refractivity contribution is 5.85. The predicted molar refractivity (Wildman–Crippen MR) is 75.6 cm³/mol. The molecule has 108 valence electrons. The summed E-state index contributed by atoms with van der Waals surface area (Å²) in [5.74, 6) is 0.656. The molecule has 2 rings (SSSR count). The van der Waals surface area contributed by atoms with Crippen molar-refractivity contribution in [3.8, 4) is 5.75 Å². The van der Waals surface area contributed by atoms with Crippen molar-refractivity contribution in [1.82, 2.24) is 15.2 Å². The molecule has 1 aliphatic rings. The van der Waals surface area contributed by atoms with Crippen LogP contribution in [0.25, 0.3) is 0 Å². The number of carbonyl (C=O) groups is 1. The van der Waals surface area contributed by atoms with Gasteiger partial charge in [0.05, 0.1) is 12.2 Å². The molecule has 1 fully saturated rings. The summed E-state index contributed by atoms with van der Waals surface area (Å²) in [7, 11) is 0. The molecule has 0 bridgehead atoms. The second-order valence-electron chi connectivity index (χ2n) is 3.83. The van der Waals surface area contributed by atoms with Crippen molar-refractivity contribution in [2.75, 3.05) is 26.2 Å². The van der Waals surface area contributed by atoms with Crippen LogP contribution in [-0.2, 0) is 0 Å². The van der Waals surface area contributed by atoms with Crippen LogP contribution in [0.5, 0.6) is 5.75 Å². The molecule has 1 aromatic heterocycles. The Morgan fingerprint density at radius 2 is 2.37 bits per heavy atom. The zero-order chi connectivity index (χ0) is 12.1. The van der Waals surface area contributed by atoms with E-state index < -0.39 is 6.09 Å². The van der Waals surface area contributed by atoms with Gasteiger partial charge in [-0.3, -0.25) is 9.88 Å². The number of hydrogen-bond donors (Lipinski definition) is 2. The van der Waals surface area contributed by atoms with Crippen molar-refractivity contribution in [3.05, 3.63) is 24.5 Å². The molecule has 19 heavy (non-hydrogen) atoms. The van der Waals surface area contributed by atoms with Gasteiger partial charge in [0.25, 0.3) is 0 Å². The van der Waals surface area contributed by atoms with E-state index in [1.807, 2.05) is 0 Å². The highest BCUT2D eigenvalue weighted by Gasteiger charge is 2.26. The minimum absolute atomic E-state index is 0. The van der Waals surface area contributed by atoms with Crippen LogP contribution in [0.4, 0.5) is 4.79 Å². The van der Waals surface area contributed by atoms with E-state index in [1.54, 1.807) is 24.5 Å². The molecule has 1 amide bonds. The number of nitrogens with one attached hydrogen (secondary N) is 1. The lowest BCUT2D eigenvalue weighted by Crippen LogP contribution is -2.55. The van der Waals surface area contributed by atoms with Gasteiger partial charge in [-0.2, -0.15) is 0 Å². The molecule has 1 unspecified atom stereocenters. The number of rotatable bonds is 3. The number of nitrogens with zero attached hydrogens (tertiary/aromatic N) is 2. The number of piperazine rings is 1. The van der Waals surface area contributed by atoms with Crippen molar-refractivity contribution in [1.29, 1.82) is 0 Å². The third kappa shape index (κ3) is 5.10. The number of ether oxygens (including phenoxy) is 1. The topological polar surface area (TPSA) is 74.7 Å². The molecular weight excluding hydrogens is 293 g/mol. The fraction of sp³-hybridized carbons (Fsp3) is 0.455. The lowest BCUT2D eigenvalue weighted by atomic mass is 10.2. The molecule has 1 atom stereocenters. The van der Waals surface area contributed by atoms with Gasteiger partial charge in [-0.1, -0.05) is 0 Å². The van der Waals surface area contributed by atoms with E-state index >= 15 is 0 Å². The summed E-state index contributed by atoms with van der Waals surface area (Å²) in [4.78, 5) is 16.3. The van der Waals surface area contributed by atoms with Crippen LogP contribution in [-0.4, -0.2) is 53.4 Å². The van der Waals surface area contributed by atoms with Crippen molar-refractivity contribution < 1.29 is 14.6 Å². The van der Waals surface area contributed by atoms with Crippen molar-refractivity contribution in [3.63, 3.8) is 0 Å². The molecule has 2 N–H and O–H groups in total. The number of amides is 1. The predicted octanol–water partition coefficient (Wildman–Crippen LogP) is 1.26. The van der Waals surface area contributed by atoms with Gasteiger partial charge in [-0.15, -0.1) is 24.8 Å². The van der Waals surface area contributed by atoms with Gasteiger partial charge >= 0.3 is 6.09 Å². The van der Waals surface area contributed by atoms with Gasteiger partial charge in [0.2, 0.25) is 0 Å². The summed E-state index contributed by atoms with van der Waals surface area (Å²) in [6.45, 7) is 2.14. The van der Waals surface area contributed by atoms with Crippen molar-refractivity contribution >= 4 is 30.9 Å². The van der Waals surface area contributed by atoms with Crippen LogP contribution in [0, 0.1) is 0 Å². The molecule has 0 spiro atoms. The highest BCUT2D eigenvalue weighted by Crippen LogP contribution is 2.10. The van der Waals surface area contributed by atoms with Gasteiger partial charge in [0, 0.05) is 25.8 Å². The Kier molecular flexibility index (Phi) is 8.22. The summed E-state index contributed by atoms with van der Waals surface area (Å²) in [6, 6.07) is 3.43. The molecule has 0 aromatic carbocycles. The van der Waals surface area contributed by atoms with Crippen molar-refractivity contribution in [2.45, 2.75) is 6.04 Å². The second kappa shape index (κ2) is 8.79. The minimum Gasteiger partial charge on any atom is -0.490 e. The molecule has 0 aliphatic carbocycles. The SMILES string of the molecule is Cl.Cl.O=C(O)N1CCNCC1COc1cccnc1. The Hall–Kier alpha value is -1.24. The monoisotopic (exact) mass is 309 g/mol. The van der Waals surface area contributed by atoms with Gasteiger partial charge in [0.15, 0.2) is 0 Å². The van der Waals surface area contributed by atoms with E-state index in [1.165, 1.54) is 4.90 Å². The summed E-state index contributed by atoms with van der Waals surface area (Å²) in [5, 5.41) is 12.2. The normalized spacial score (nSPS) is 17.9. The van der Waals surface area contributed by atoms with E-state index in [2.05, 4.69) is 10.3 Å². The van der Waals surface area contributed by atoms with Gasteiger partial charge in [-0.25, -0.2) is 4.79 Å². The molecule has 6 nitrogen and oxygen atoms in total. The van der Waals surface area contributed by atoms with Crippen LogP contribution in [0.1, 0.15) is 0 Å². The Morgan fingerprint density at radius 3 is 3.00 bits per heavy atom. The number of carboxylic acid groups (broad SMARTS) is 1. The van der Waals surface area contributed by atoms with E-state index in [-0.39, 0.29) is 30.9 Å². The standard InChI is InChI=1S/C11H15N3O3.2ClH/c15-11(16)14-5-4-13-6-9(14)8-17-10-2-1-3-12-7-10;;/h1-3,7,9,13H,4-6,8H2,(H,15,16);2*1H. The Morgan fingerprint density at radius 1 is 1.58 bits per heavy atom. The molecule has 8 heteroatoms. The Labute approximate surface area is 124 Å². The van der Waals surface area contributed by atoms with E-state index in [9.17, 15) is 4.79 Å². The summed E-state index contributed by atoms with van der Waals surface area (Å²) >= 11 is 0. The maximum atomic E-state index is 11.0. The van der Waals surface area contributed by atoms with Crippen LogP contribution >= 0.6 is 24.8 Å². The number of aromatic nitrogens is 1. The molecule has 0 saturated carbocycles. The van der Waals surface area contributed by atoms with E-state index in [4.69, 9.17) is 9.84 Å². The smallest absolute Gasteiger partial charge is 0.407 e. The highest BCUT2D eigenvalue weighted by atomic mass is 35.5. The van der Waals surface area contributed by atoms with Crippen LogP contribution in [0.3, 0.4) is 0 Å². The fourth-order valence-electron chi connectivity index (χ4n) is 1.79.